The molecular formula is C13H28N2O. The third kappa shape index (κ3) is 8.57. The predicted octanol–water partition coefficient (Wildman–Crippen LogP) is 3.40. The molecule has 0 heterocycles. The van der Waals surface area contributed by atoms with Gasteiger partial charge in [0.2, 0.25) is 0 Å². The number of hydrogen-bond donors (Lipinski definition) is 1. The van der Waals surface area contributed by atoms with Gasteiger partial charge in [-0.2, -0.15) is 0 Å². The van der Waals surface area contributed by atoms with E-state index in [1.165, 1.54) is 44.9 Å². The SMILES string of the molecule is CCCCCCCCCCN(C)C(=O)NC. The van der Waals surface area contributed by atoms with Gasteiger partial charge < -0.3 is 10.2 Å². The highest BCUT2D eigenvalue weighted by atomic mass is 16.2. The Morgan fingerprint density at radius 3 is 2.00 bits per heavy atom. The smallest absolute Gasteiger partial charge is 0.316 e. The first-order chi connectivity index (χ1) is 7.72. The van der Waals surface area contributed by atoms with Crippen LogP contribution in [0, 0.1) is 0 Å². The number of carbonyl (C=O) groups excluding carboxylic acids is 1. The molecule has 0 aromatic rings. The average Bonchev–Trinajstić information content (AvgIpc) is 2.31. The van der Waals surface area contributed by atoms with E-state index in [1.54, 1.807) is 11.9 Å². The number of carbonyl (C=O) groups is 1. The fourth-order valence-electron chi connectivity index (χ4n) is 1.78. The van der Waals surface area contributed by atoms with Crippen molar-refractivity contribution in [3.63, 3.8) is 0 Å². The first-order valence-corrected chi connectivity index (χ1v) is 6.65. The van der Waals surface area contributed by atoms with Gasteiger partial charge in [0.15, 0.2) is 0 Å². The van der Waals surface area contributed by atoms with E-state index in [0.717, 1.165) is 13.0 Å². The molecule has 96 valence electrons. The van der Waals surface area contributed by atoms with E-state index in [4.69, 9.17) is 0 Å². The largest absolute Gasteiger partial charge is 0.341 e. The fourth-order valence-corrected chi connectivity index (χ4v) is 1.78. The summed E-state index contributed by atoms with van der Waals surface area (Å²) in [4.78, 5) is 12.9. The van der Waals surface area contributed by atoms with Crippen molar-refractivity contribution in [3.05, 3.63) is 0 Å². The lowest BCUT2D eigenvalue weighted by Gasteiger charge is -2.15. The quantitative estimate of drug-likeness (QED) is 0.603. The Hall–Kier alpha value is -0.730. The molecule has 0 fully saturated rings. The summed E-state index contributed by atoms with van der Waals surface area (Å²) >= 11 is 0. The monoisotopic (exact) mass is 228 g/mol. The van der Waals surface area contributed by atoms with Gasteiger partial charge in [-0.15, -0.1) is 0 Å². The van der Waals surface area contributed by atoms with Crippen LogP contribution < -0.4 is 5.32 Å². The molecule has 16 heavy (non-hydrogen) atoms. The van der Waals surface area contributed by atoms with E-state index in [-0.39, 0.29) is 6.03 Å². The lowest BCUT2D eigenvalue weighted by atomic mass is 10.1. The minimum absolute atomic E-state index is 0.0166. The van der Waals surface area contributed by atoms with Gasteiger partial charge in [0, 0.05) is 20.6 Å². The van der Waals surface area contributed by atoms with Gasteiger partial charge in [0.25, 0.3) is 0 Å². The summed E-state index contributed by atoms with van der Waals surface area (Å²) in [7, 11) is 3.52. The van der Waals surface area contributed by atoms with Gasteiger partial charge in [0.1, 0.15) is 0 Å². The van der Waals surface area contributed by atoms with Gasteiger partial charge in [-0.05, 0) is 6.42 Å². The maximum absolute atomic E-state index is 11.2. The predicted molar refractivity (Wildman–Crippen MR) is 69.7 cm³/mol. The topological polar surface area (TPSA) is 32.3 Å². The number of urea groups is 1. The molecule has 0 spiro atoms. The second kappa shape index (κ2) is 10.8. The average molecular weight is 228 g/mol. The minimum Gasteiger partial charge on any atom is -0.341 e. The molecular weight excluding hydrogens is 200 g/mol. The lowest BCUT2D eigenvalue weighted by Crippen LogP contribution is -2.35. The zero-order chi connectivity index (χ0) is 12.2. The van der Waals surface area contributed by atoms with Crippen molar-refractivity contribution in [2.75, 3.05) is 20.6 Å². The molecule has 3 heteroatoms. The Bertz CT molecular complexity index is 171. The third-order valence-electron chi connectivity index (χ3n) is 2.91. The zero-order valence-electron chi connectivity index (χ0n) is 11.2. The molecule has 0 radical (unpaired) electrons. The van der Waals surface area contributed by atoms with Crippen LogP contribution in [0.5, 0.6) is 0 Å². The number of unbranched alkanes of at least 4 members (excludes halogenated alkanes) is 7. The van der Waals surface area contributed by atoms with Crippen molar-refractivity contribution in [2.45, 2.75) is 58.3 Å². The van der Waals surface area contributed by atoms with E-state index >= 15 is 0 Å². The van der Waals surface area contributed by atoms with Gasteiger partial charge in [0.05, 0.1) is 0 Å². The van der Waals surface area contributed by atoms with Gasteiger partial charge >= 0.3 is 6.03 Å². The van der Waals surface area contributed by atoms with Crippen LogP contribution in [-0.4, -0.2) is 31.6 Å². The van der Waals surface area contributed by atoms with Crippen LogP contribution in [0.1, 0.15) is 58.3 Å². The van der Waals surface area contributed by atoms with Crippen molar-refractivity contribution >= 4 is 6.03 Å². The normalized spacial score (nSPS) is 10.2. The van der Waals surface area contributed by atoms with Crippen LogP contribution in [0.15, 0.2) is 0 Å². The highest BCUT2D eigenvalue weighted by molar-refractivity contribution is 5.73. The van der Waals surface area contributed by atoms with E-state index in [1.807, 2.05) is 7.05 Å². The summed E-state index contributed by atoms with van der Waals surface area (Å²) < 4.78 is 0. The fraction of sp³-hybridized carbons (Fsp3) is 0.923. The Morgan fingerprint density at radius 1 is 1.00 bits per heavy atom. The van der Waals surface area contributed by atoms with Gasteiger partial charge in [-0.25, -0.2) is 4.79 Å². The lowest BCUT2D eigenvalue weighted by molar-refractivity contribution is 0.210. The molecule has 0 rings (SSSR count). The summed E-state index contributed by atoms with van der Waals surface area (Å²) in [5, 5.41) is 2.63. The molecule has 0 aliphatic carbocycles. The molecule has 0 unspecified atom stereocenters. The third-order valence-corrected chi connectivity index (χ3v) is 2.91. The van der Waals surface area contributed by atoms with E-state index in [2.05, 4.69) is 12.2 Å². The van der Waals surface area contributed by atoms with Crippen LogP contribution >= 0.6 is 0 Å². The summed E-state index contributed by atoms with van der Waals surface area (Å²) in [5.41, 5.74) is 0. The van der Waals surface area contributed by atoms with Crippen LogP contribution in [0.4, 0.5) is 4.79 Å². The van der Waals surface area contributed by atoms with Crippen LogP contribution in [0.2, 0.25) is 0 Å². The van der Waals surface area contributed by atoms with Crippen molar-refractivity contribution < 1.29 is 4.79 Å². The first-order valence-electron chi connectivity index (χ1n) is 6.65. The number of hydrogen-bond acceptors (Lipinski definition) is 1. The Labute approximate surface area is 101 Å². The van der Waals surface area contributed by atoms with Crippen LogP contribution in [0.3, 0.4) is 0 Å². The molecule has 1 N–H and O–H groups in total. The molecule has 0 aromatic carbocycles. The van der Waals surface area contributed by atoms with Crippen molar-refractivity contribution in [1.29, 1.82) is 0 Å². The molecule has 0 atom stereocenters. The number of rotatable bonds is 9. The Balaban J connectivity index is 3.17. The highest BCUT2D eigenvalue weighted by Gasteiger charge is 2.03. The zero-order valence-corrected chi connectivity index (χ0v) is 11.2. The molecule has 0 aliphatic rings. The van der Waals surface area contributed by atoms with Crippen LogP contribution in [-0.2, 0) is 0 Å². The van der Waals surface area contributed by atoms with Gasteiger partial charge in [-0.1, -0.05) is 51.9 Å². The van der Waals surface area contributed by atoms with E-state index in [9.17, 15) is 4.79 Å². The summed E-state index contributed by atoms with van der Waals surface area (Å²) in [6, 6.07) is 0.0166. The molecule has 3 nitrogen and oxygen atoms in total. The van der Waals surface area contributed by atoms with Crippen molar-refractivity contribution in [3.8, 4) is 0 Å². The van der Waals surface area contributed by atoms with Crippen LogP contribution in [0.25, 0.3) is 0 Å². The molecule has 0 aliphatic heterocycles. The Morgan fingerprint density at radius 2 is 1.50 bits per heavy atom. The maximum atomic E-state index is 11.2. The summed E-state index contributed by atoms with van der Waals surface area (Å²) in [6.07, 6.45) is 10.5. The standard InChI is InChI=1S/C13H28N2O/c1-4-5-6-7-8-9-10-11-12-15(3)13(16)14-2/h4-12H2,1-3H3,(H,14,16). The molecule has 2 amide bonds. The highest BCUT2D eigenvalue weighted by Crippen LogP contribution is 2.08. The van der Waals surface area contributed by atoms with E-state index < -0.39 is 0 Å². The molecule has 0 bridgehead atoms. The minimum atomic E-state index is 0.0166. The number of amides is 2. The van der Waals surface area contributed by atoms with Gasteiger partial charge in [-0.3, -0.25) is 0 Å². The van der Waals surface area contributed by atoms with E-state index in [0.29, 0.717) is 0 Å². The second-order valence-corrected chi connectivity index (χ2v) is 4.45. The number of nitrogens with one attached hydrogen (secondary N) is 1. The summed E-state index contributed by atoms with van der Waals surface area (Å²) in [5.74, 6) is 0. The van der Waals surface area contributed by atoms with Crippen molar-refractivity contribution in [2.24, 2.45) is 0 Å². The molecule has 0 aromatic heterocycles. The molecule has 0 saturated heterocycles. The molecule has 0 saturated carbocycles. The first kappa shape index (κ1) is 15.3. The Kier molecular flexibility index (Phi) is 10.3. The summed E-state index contributed by atoms with van der Waals surface area (Å²) in [6.45, 7) is 3.11. The maximum Gasteiger partial charge on any atom is 0.316 e. The van der Waals surface area contributed by atoms with Crippen molar-refractivity contribution in [1.82, 2.24) is 10.2 Å². The second-order valence-electron chi connectivity index (χ2n) is 4.45. The number of nitrogens with zero attached hydrogens (tertiary/aromatic N) is 1.